The number of piperidine rings is 1. The molecule has 1 saturated heterocycles. The van der Waals surface area contributed by atoms with Crippen LogP contribution < -0.4 is 16.0 Å². The van der Waals surface area contributed by atoms with E-state index in [1.54, 1.807) is 11.0 Å². The van der Waals surface area contributed by atoms with E-state index in [2.05, 4.69) is 16.0 Å². The zero-order valence-electron chi connectivity index (χ0n) is 17.5. The van der Waals surface area contributed by atoms with Crippen LogP contribution in [-0.4, -0.2) is 47.9 Å². The van der Waals surface area contributed by atoms with Gasteiger partial charge in [-0.3, -0.25) is 9.59 Å². The molecule has 1 aliphatic heterocycles. The van der Waals surface area contributed by atoms with Gasteiger partial charge < -0.3 is 20.9 Å². The summed E-state index contributed by atoms with van der Waals surface area (Å²) in [6, 6.07) is 5.53. The molecule has 0 saturated carbocycles. The van der Waals surface area contributed by atoms with Crippen molar-refractivity contribution >= 4 is 23.5 Å². The van der Waals surface area contributed by atoms with Gasteiger partial charge in [0.25, 0.3) is 0 Å². The lowest BCUT2D eigenvalue weighted by atomic mass is 9.97. The molecule has 28 heavy (non-hydrogen) atoms. The van der Waals surface area contributed by atoms with E-state index in [1.807, 2.05) is 46.8 Å². The van der Waals surface area contributed by atoms with Crippen LogP contribution >= 0.6 is 0 Å². The average Bonchev–Trinajstić information content (AvgIpc) is 2.62. The van der Waals surface area contributed by atoms with Crippen molar-refractivity contribution in [2.24, 2.45) is 5.92 Å². The van der Waals surface area contributed by atoms with Crippen molar-refractivity contribution in [2.75, 3.05) is 25.0 Å². The lowest BCUT2D eigenvalue weighted by molar-refractivity contribution is -0.136. The van der Waals surface area contributed by atoms with Gasteiger partial charge in [0.1, 0.15) is 0 Å². The van der Waals surface area contributed by atoms with Crippen LogP contribution in [0, 0.1) is 19.8 Å². The molecule has 1 fully saturated rings. The fraction of sp³-hybridized carbons (Fsp3) is 0.571. The van der Waals surface area contributed by atoms with E-state index in [1.165, 1.54) is 0 Å². The number of hydrogen-bond acceptors (Lipinski definition) is 3. The first-order chi connectivity index (χ1) is 13.1. The van der Waals surface area contributed by atoms with Crippen LogP contribution in [0.15, 0.2) is 18.2 Å². The lowest BCUT2D eigenvalue weighted by Gasteiger charge is -2.34. The van der Waals surface area contributed by atoms with Gasteiger partial charge in [-0.15, -0.1) is 0 Å². The maximum absolute atomic E-state index is 12.2. The van der Waals surface area contributed by atoms with Gasteiger partial charge in [0, 0.05) is 30.9 Å². The summed E-state index contributed by atoms with van der Waals surface area (Å²) in [5, 5.41) is 8.35. The molecule has 1 aliphatic rings. The average molecular weight is 389 g/mol. The number of hydrogen-bond donors (Lipinski definition) is 3. The van der Waals surface area contributed by atoms with E-state index in [-0.39, 0.29) is 17.5 Å². The van der Waals surface area contributed by atoms with E-state index in [0.29, 0.717) is 25.3 Å². The van der Waals surface area contributed by atoms with E-state index >= 15 is 0 Å². The zero-order valence-corrected chi connectivity index (χ0v) is 17.5. The number of amides is 4. The minimum Gasteiger partial charge on any atom is -0.348 e. The van der Waals surface area contributed by atoms with E-state index in [0.717, 1.165) is 24.0 Å². The minimum atomic E-state index is -0.657. The summed E-state index contributed by atoms with van der Waals surface area (Å²) in [6.07, 6.45) is 1.60. The number of carbonyl (C=O) groups is 3. The molecule has 7 nitrogen and oxygen atoms in total. The number of urea groups is 1. The summed E-state index contributed by atoms with van der Waals surface area (Å²) >= 11 is 0. The molecule has 1 heterocycles. The quantitative estimate of drug-likeness (QED) is 0.695. The Hall–Kier alpha value is -2.57. The SMILES string of the molecule is Cc1cccc(NC(=O)C(=O)NCC2CCN(C(=O)NC(C)(C)C)CC2)c1C. The van der Waals surface area contributed by atoms with Crippen molar-refractivity contribution in [3.8, 4) is 0 Å². The first-order valence-corrected chi connectivity index (χ1v) is 9.79. The van der Waals surface area contributed by atoms with Crippen LogP contribution in [0.4, 0.5) is 10.5 Å². The smallest absolute Gasteiger partial charge is 0.317 e. The van der Waals surface area contributed by atoms with Gasteiger partial charge in [-0.1, -0.05) is 12.1 Å². The molecule has 3 N–H and O–H groups in total. The number of benzene rings is 1. The van der Waals surface area contributed by atoms with Crippen molar-refractivity contribution in [1.82, 2.24) is 15.5 Å². The number of carbonyl (C=O) groups excluding carboxylic acids is 3. The van der Waals surface area contributed by atoms with Crippen LogP contribution in [0.2, 0.25) is 0 Å². The van der Waals surface area contributed by atoms with Crippen molar-refractivity contribution in [1.29, 1.82) is 0 Å². The Labute approximate surface area is 167 Å². The fourth-order valence-corrected chi connectivity index (χ4v) is 3.12. The largest absolute Gasteiger partial charge is 0.348 e. The molecule has 0 aromatic heterocycles. The molecular weight excluding hydrogens is 356 g/mol. The standard InChI is InChI=1S/C21H32N4O3/c1-14-7-6-8-17(15(14)2)23-19(27)18(26)22-13-16-9-11-25(12-10-16)20(28)24-21(3,4)5/h6-8,16H,9-13H2,1-5H3,(H,22,26)(H,23,27)(H,24,28). The minimum absolute atomic E-state index is 0.0529. The highest BCUT2D eigenvalue weighted by molar-refractivity contribution is 6.39. The van der Waals surface area contributed by atoms with E-state index < -0.39 is 11.8 Å². The predicted octanol–water partition coefficient (Wildman–Crippen LogP) is 2.58. The fourth-order valence-electron chi connectivity index (χ4n) is 3.12. The van der Waals surface area contributed by atoms with E-state index in [4.69, 9.17) is 0 Å². The van der Waals surface area contributed by atoms with Crippen LogP contribution in [0.3, 0.4) is 0 Å². The molecule has 0 radical (unpaired) electrons. The van der Waals surface area contributed by atoms with Gasteiger partial charge in [-0.25, -0.2) is 4.79 Å². The molecule has 7 heteroatoms. The lowest BCUT2D eigenvalue weighted by Crippen LogP contribution is -2.51. The molecule has 1 aromatic rings. The van der Waals surface area contributed by atoms with Gasteiger partial charge in [-0.2, -0.15) is 0 Å². The van der Waals surface area contributed by atoms with Gasteiger partial charge >= 0.3 is 17.8 Å². The third-order valence-electron chi connectivity index (χ3n) is 4.99. The number of likely N-dealkylation sites (tertiary alicyclic amines) is 1. The van der Waals surface area contributed by atoms with Crippen molar-refractivity contribution in [3.05, 3.63) is 29.3 Å². The Morgan fingerprint density at radius 1 is 1.07 bits per heavy atom. The second-order valence-electron chi connectivity index (χ2n) is 8.52. The maximum atomic E-state index is 12.2. The highest BCUT2D eigenvalue weighted by Crippen LogP contribution is 2.18. The monoisotopic (exact) mass is 388 g/mol. The van der Waals surface area contributed by atoms with Crippen molar-refractivity contribution < 1.29 is 14.4 Å². The molecule has 2 rings (SSSR count). The normalized spacial score (nSPS) is 15.1. The second-order valence-corrected chi connectivity index (χ2v) is 8.52. The number of anilines is 1. The molecule has 0 atom stereocenters. The Kier molecular flexibility index (Phi) is 7.05. The summed E-state index contributed by atoms with van der Waals surface area (Å²) in [5.41, 5.74) is 2.40. The van der Waals surface area contributed by atoms with Crippen LogP contribution in [-0.2, 0) is 9.59 Å². The molecule has 0 unspecified atom stereocenters. The summed E-state index contributed by atoms with van der Waals surface area (Å²) in [5.74, 6) is -1.03. The zero-order chi connectivity index (χ0) is 20.9. The molecule has 0 spiro atoms. The van der Waals surface area contributed by atoms with Crippen molar-refractivity contribution in [3.63, 3.8) is 0 Å². The third kappa shape index (κ3) is 6.25. The van der Waals surface area contributed by atoms with Crippen LogP contribution in [0.1, 0.15) is 44.7 Å². The van der Waals surface area contributed by atoms with Crippen LogP contribution in [0.25, 0.3) is 0 Å². The molecular formula is C21H32N4O3. The topological polar surface area (TPSA) is 90.5 Å². The summed E-state index contributed by atoms with van der Waals surface area (Å²) in [4.78, 5) is 38.3. The molecule has 0 aliphatic carbocycles. The van der Waals surface area contributed by atoms with Crippen LogP contribution in [0.5, 0.6) is 0 Å². The number of rotatable bonds is 3. The number of aryl methyl sites for hydroxylation is 1. The van der Waals surface area contributed by atoms with Gasteiger partial charge in [0.2, 0.25) is 0 Å². The van der Waals surface area contributed by atoms with Crippen molar-refractivity contribution in [2.45, 2.75) is 53.0 Å². The van der Waals surface area contributed by atoms with Gasteiger partial charge in [-0.05, 0) is 70.6 Å². The first kappa shape index (κ1) is 21.7. The third-order valence-corrected chi connectivity index (χ3v) is 4.99. The second kappa shape index (κ2) is 9.08. The summed E-state index contributed by atoms with van der Waals surface area (Å²) in [7, 11) is 0. The molecule has 1 aromatic carbocycles. The number of nitrogens with one attached hydrogen (secondary N) is 3. The summed E-state index contributed by atoms with van der Waals surface area (Å²) < 4.78 is 0. The number of nitrogens with zero attached hydrogens (tertiary/aromatic N) is 1. The highest BCUT2D eigenvalue weighted by atomic mass is 16.2. The Morgan fingerprint density at radius 3 is 2.32 bits per heavy atom. The van der Waals surface area contributed by atoms with E-state index in [9.17, 15) is 14.4 Å². The molecule has 154 valence electrons. The molecule has 0 bridgehead atoms. The first-order valence-electron chi connectivity index (χ1n) is 9.79. The summed E-state index contributed by atoms with van der Waals surface area (Å²) in [6.45, 7) is 11.5. The Balaban J connectivity index is 1.75. The van der Waals surface area contributed by atoms with Gasteiger partial charge in [0.15, 0.2) is 0 Å². The highest BCUT2D eigenvalue weighted by Gasteiger charge is 2.26. The Bertz CT molecular complexity index is 732. The Morgan fingerprint density at radius 2 is 1.71 bits per heavy atom. The van der Waals surface area contributed by atoms with Gasteiger partial charge in [0.05, 0.1) is 0 Å². The predicted molar refractivity (Wildman–Crippen MR) is 110 cm³/mol. The molecule has 4 amide bonds. The maximum Gasteiger partial charge on any atom is 0.317 e.